The van der Waals surface area contributed by atoms with E-state index in [0.29, 0.717) is 0 Å². The van der Waals surface area contributed by atoms with E-state index in [1.165, 1.54) is 19.5 Å². The van der Waals surface area contributed by atoms with Gasteiger partial charge in [-0.15, -0.1) is 0 Å². The lowest BCUT2D eigenvalue weighted by Gasteiger charge is -2.26. The number of hydrogen-bond donors (Lipinski definition) is 2. The van der Waals surface area contributed by atoms with Crippen LogP contribution in [0.4, 0.5) is 0 Å². The van der Waals surface area contributed by atoms with Gasteiger partial charge in [0.15, 0.2) is 0 Å². The van der Waals surface area contributed by atoms with Crippen LogP contribution in [0, 0.1) is 5.92 Å². The van der Waals surface area contributed by atoms with Crippen molar-refractivity contribution in [1.82, 2.24) is 15.3 Å². The van der Waals surface area contributed by atoms with E-state index in [2.05, 4.69) is 27.4 Å². The molecule has 2 N–H and O–H groups in total. The highest BCUT2D eigenvalue weighted by Gasteiger charge is 2.16. The molecule has 0 unspecified atom stereocenters. The van der Waals surface area contributed by atoms with Crippen molar-refractivity contribution in [3.8, 4) is 0 Å². The number of benzene rings is 1. The highest BCUT2D eigenvalue weighted by atomic mass is 15.0. The van der Waals surface area contributed by atoms with Crippen molar-refractivity contribution in [3.05, 3.63) is 30.1 Å². The Morgan fingerprint density at radius 3 is 2.87 bits per heavy atom. The Bertz CT molecular complexity index is 424. The first-order valence-corrected chi connectivity index (χ1v) is 5.56. The first-order valence-electron chi connectivity index (χ1n) is 5.56. The zero-order chi connectivity index (χ0) is 10.1. The molecule has 0 saturated carbocycles. The number of H-pyrrole nitrogens is 1. The van der Waals surface area contributed by atoms with Gasteiger partial charge in [0.2, 0.25) is 0 Å². The molecule has 2 heterocycles. The second kappa shape index (κ2) is 3.66. The summed E-state index contributed by atoms with van der Waals surface area (Å²) in [5.74, 6) is 1.99. The number of rotatable bonds is 3. The number of aromatic amines is 1. The van der Waals surface area contributed by atoms with E-state index >= 15 is 0 Å². The number of nitrogens with one attached hydrogen (secondary N) is 2. The van der Waals surface area contributed by atoms with Gasteiger partial charge in [-0.2, -0.15) is 0 Å². The van der Waals surface area contributed by atoms with Crippen molar-refractivity contribution < 1.29 is 0 Å². The van der Waals surface area contributed by atoms with Gasteiger partial charge in [0, 0.05) is 6.42 Å². The van der Waals surface area contributed by atoms with E-state index in [1.54, 1.807) is 0 Å². The zero-order valence-electron chi connectivity index (χ0n) is 8.66. The van der Waals surface area contributed by atoms with E-state index in [-0.39, 0.29) is 0 Å². The SMILES string of the molecule is c1ccc2[nH]c(CCC3CNC3)nc2c1. The summed E-state index contributed by atoms with van der Waals surface area (Å²) < 4.78 is 0. The summed E-state index contributed by atoms with van der Waals surface area (Å²) in [6.45, 7) is 2.36. The van der Waals surface area contributed by atoms with Crippen molar-refractivity contribution >= 4 is 11.0 Å². The molecule has 0 amide bonds. The van der Waals surface area contributed by atoms with Crippen molar-refractivity contribution in [2.45, 2.75) is 12.8 Å². The first-order chi connectivity index (χ1) is 7.42. The van der Waals surface area contributed by atoms with Crippen molar-refractivity contribution in [3.63, 3.8) is 0 Å². The summed E-state index contributed by atoms with van der Waals surface area (Å²) in [5, 5.41) is 3.29. The van der Waals surface area contributed by atoms with Crippen LogP contribution >= 0.6 is 0 Å². The Morgan fingerprint density at radius 2 is 2.13 bits per heavy atom. The molecule has 3 rings (SSSR count). The summed E-state index contributed by atoms with van der Waals surface area (Å²) in [6, 6.07) is 8.21. The summed E-state index contributed by atoms with van der Waals surface area (Å²) in [5.41, 5.74) is 2.23. The van der Waals surface area contributed by atoms with Gasteiger partial charge < -0.3 is 10.3 Å². The Kier molecular flexibility index (Phi) is 2.18. The van der Waals surface area contributed by atoms with E-state index < -0.39 is 0 Å². The molecule has 0 bridgehead atoms. The largest absolute Gasteiger partial charge is 0.342 e. The second-order valence-corrected chi connectivity index (χ2v) is 4.26. The number of nitrogens with zero attached hydrogens (tertiary/aromatic N) is 1. The first kappa shape index (κ1) is 8.92. The van der Waals surface area contributed by atoms with Gasteiger partial charge >= 0.3 is 0 Å². The zero-order valence-corrected chi connectivity index (χ0v) is 8.66. The molecule has 0 aliphatic carbocycles. The smallest absolute Gasteiger partial charge is 0.107 e. The van der Waals surface area contributed by atoms with Crippen LogP contribution in [0.2, 0.25) is 0 Å². The van der Waals surface area contributed by atoms with Crippen LogP contribution in [-0.2, 0) is 6.42 Å². The number of fused-ring (bicyclic) bond motifs is 1. The fourth-order valence-electron chi connectivity index (χ4n) is 2.02. The standard InChI is InChI=1S/C12H15N3/c1-2-4-11-10(3-1)14-12(15-11)6-5-9-7-13-8-9/h1-4,9,13H,5-8H2,(H,14,15). The van der Waals surface area contributed by atoms with Gasteiger partial charge in [0.1, 0.15) is 5.82 Å². The van der Waals surface area contributed by atoms with Gasteiger partial charge in [-0.25, -0.2) is 4.98 Å². The molecule has 0 atom stereocenters. The molecule has 1 saturated heterocycles. The van der Waals surface area contributed by atoms with Crippen LogP contribution in [0.3, 0.4) is 0 Å². The fourth-order valence-corrected chi connectivity index (χ4v) is 2.02. The van der Waals surface area contributed by atoms with E-state index in [1.807, 2.05) is 12.1 Å². The summed E-state index contributed by atoms with van der Waals surface area (Å²) in [6.07, 6.45) is 2.31. The molecule has 1 aromatic heterocycles. The van der Waals surface area contributed by atoms with Crippen LogP contribution < -0.4 is 5.32 Å². The monoisotopic (exact) mass is 201 g/mol. The van der Waals surface area contributed by atoms with Crippen LogP contribution in [0.25, 0.3) is 11.0 Å². The highest BCUT2D eigenvalue weighted by molar-refractivity contribution is 5.74. The molecule has 3 heteroatoms. The minimum Gasteiger partial charge on any atom is -0.342 e. The molecule has 0 spiro atoms. The van der Waals surface area contributed by atoms with Crippen molar-refractivity contribution in [1.29, 1.82) is 0 Å². The average Bonchev–Trinajstić information content (AvgIpc) is 2.57. The molecule has 2 aromatic rings. The third-order valence-corrected chi connectivity index (χ3v) is 3.09. The number of hydrogen-bond acceptors (Lipinski definition) is 2. The van der Waals surface area contributed by atoms with E-state index in [4.69, 9.17) is 0 Å². The second-order valence-electron chi connectivity index (χ2n) is 4.26. The number of aromatic nitrogens is 2. The lowest BCUT2D eigenvalue weighted by Crippen LogP contribution is -2.42. The quantitative estimate of drug-likeness (QED) is 0.793. The number of imidazole rings is 1. The van der Waals surface area contributed by atoms with Crippen molar-refractivity contribution in [2.24, 2.45) is 5.92 Å². The number of para-hydroxylation sites is 2. The van der Waals surface area contributed by atoms with E-state index in [9.17, 15) is 0 Å². The lowest BCUT2D eigenvalue weighted by molar-refractivity contribution is 0.326. The third-order valence-electron chi connectivity index (χ3n) is 3.09. The average molecular weight is 201 g/mol. The van der Waals surface area contributed by atoms with Crippen LogP contribution in [-0.4, -0.2) is 23.1 Å². The van der Waals surface area contributed by atoms with Gasteiger partial charge in [0.05, 0.1) is 11.0 Å². The Morgan fingerprint density at radius 1 is 1.27 bits per heavy atom. The lowest BCUT2D eigenvalue weighted by atomic mass is 9.97. The number of aryl methyl sites for hydroxylation is 1. The highest BCUT2D eigenvalue weighted by Crippen LogP contribution is 2.15. The van der Waals surface area contributed by atoms with Crippen LogP contribution in [0.15, 0.2) is 24.3 Å². The molecule has 15 heavy (non-hydrogen) atoms. The summed E-state index contributed by atoms with van der Waals surface area (Å²) in [7, 11) is 0. The molecule has 1 aliphatic rings. The van der Waals surface area contributed by atoms with Crippen LogP contribution in [0.5, 0.6) is 0 Å². The van der Waals surface area contributed by atoms with Gasteiger partial charge in [-0.3, -0.25) is 0 Å². The summed E-state index contributed by atoms with van der Waals surface area (Å²) in [4.78, 5) is 7.93. The Hall–Kier alpha value is -1.35. The predicted octanol–water partition coefficient (Wildman–Crippen LogP) is 1.71. The minimum absolute atomic E-state index is 0.859. The topological polar surface area (TPSA) is 40.7 Å². The van der Waals surface area contributed by atoms with E-state index in [0.717, 1.165) is 29.2 Å². The predicted molar refractivity (Wildman–Crippen MR) is 60.8 cm³/mol. The molecular weight excluding hydrogens is 186 g/mol. The third kappa shape index (κ3) is 1.75. The Labute approximate surface area is 88.9 Å². The van der Waals surface area contributed by atoms with Gasteiger partial charge in [0.25, 0.3) is 0 Å². The maximum Gasteiger partial charge on any atom is 0.107 e. The van der Waals surface area contributed by atoms with Gasteiger partial charge in [-0.05, 0) is 37.6 Å². The normalized spacial score (nSPS) is 16.8. The molecule has 1 fully saturated rings. The summed E-state index contributed by atoms with van der Waals surface area (Å²) >= 11 is 0. The maximum atomic E-state index is 4.57. The molecule has 1 aromatic carbocycles. The molecule has 1 aliphatic heterocycles. The van der Waals surface area contributed by atoms with Crippen LogP contribution in [0.1, 0.15) is 12.2 Å². The maximum absolute atomic E-state index is 4.57. The fraction of sp³-hybridized carbons (Fsp3) is 0.417. The molecule has 3 nitrogen and oxygen atoms in total. The molecule has 0 radical (unpaired) electrons. The molecule has 78 valence electrons. The van der Waals surface area contributed by atoms with Crippen molar-refractivity contribution in [2.75, 3.05) is 13.1 Å². The molecular formula is C12H15N3. The minimum atomic E-state index is 0.859. The van der Waals surface area contributed by atoms with Gasteiger partial charge in [-0.1, -0.05) is 12.1 Å². The Balaban J connectivity index is 1.73.